The average molecular weight is 208 g/mol. The fourth-order valence-electron chi connectivity index (χ4n) is 1.17. The van der Waals surface area contributed by atoms with Crippen molar-refractivity contribution in [3.8, 4) is 0 Å². The van der Waals surface area contributed by atoms with Crippen LogP contribution < -0.4 is 11.1 Å². The summed E-state index contributed by atoms with van der Waals surface area (Å²) in [7, 11) is 2.11. The van der Waals surface area contributed by atoms with Gasteiger partial charge < -0.3 is 16.0 Å². The molecule has 0 saturated carbocycles. The van der Waals surface area contributed by atoms with Crippen LogP contribution in [0.2, 0.25) is 0 Å². The molecule has 3 N–H and O–H groups in total. The Bertz CT molecular complexity index is 298. The number of likely N-dealkylation sites (N-methyl/N-ethyl adjacent to an activating group) is 1. The number of nitrogen functional groups attached to an aromatic ring is 1. The van der Waals surface area contributed by atoms with Crippen LogP contribution in [0.25, 0.3) is 0 Å². The van der Waals surface area contributed by atoms with Gasteiger partial charge in [-0.1, -0.05) is 6.07 Å². The lowest BCUT2D eigenvalue weighted by Gasteiger charge is -2.21. The van der Waals surface area contributed by atoms with Gasteiger partial charge in [-0.2, -0.15) is 0 Å². The highest BCUT2D eigenvalue weighted by molar-refractivity contribution is 5.42. The van der Waals surface area contributed by atoms with Gasteiger partial charge in [0.2, 0.25) is 0 Å². The van der Waals surface area contributed by atoms with Crippen molar-refractivity contribution in [1.82, 2.24) is 9.88 Å². The zero-order chi connectivity index (χ0) is 11.3. The van der Waals surface area contributed by atoms with E-state index < -0.39 is 0 Å². The third-order valence-corrected chi connectivity index (χ3v) is 2.42. The second kappa shape index (κ2) is 5.56. The van der Waals surface area contributed by atoms with E-state index in [1.807, 2.05) is 12.1 Å². The van der Waals surface area contributed by atoms with E-state index in [1.165, 1.54) is 0 Å². The van der Waals surface area contributed by atoms with Crippen LogP contribution in [0.3, 0.4) is 0 Å². The summed E-state index contributed by atoms with van der Waals surface area (Å²) in [6.07, 6.45) is 0. The van der Waals surface area contributed by atoms with Gasteiger partial charge in [-0.15, -0.1) is 0 Å². The topological polar surface area (TPSA) is 54.2 Å². The van der Waals surface area contributed by atoms with E-state index in [4.69, 9.17) is 5.73 Å². The molecule has 0 saturated heterocycles. The molecule has 1 heterocycles. The molecule has 84 valence electrons. The minimum Gasteiger partial charge on any atom is -0.384 e. The quantitative estimate of drug-likeness (QED) is 0.768. The van der Waals surface area contributed by atoms with Crippen LogP contribution in [0.4, 0.5) is 11.6 Å². The SMILES string of the molecule is CC(C)N(C)CCNc1cccc(N)n1. The van der Waals surface area contributed by atoms with Crippen molar-refractivity contribution in [2.75, 3.05) is 31.2 Å². The maximum absolute atomic E-state index is 5.58. The van der Waals surface area contributed by atoms with Gasteiger partial charge in [0.15, 0.2) is 0 Å². The Kier molecular flexibility index (Phi) is 4.37. The first-order valence-corrected chi connectivity index (χ1v) is 5.26. The first kappa shape index (κ1) is 11.8. The maximum atomic E-state index is 5.58. The average Bonchev–Trinajstić information content (AvgIpc) is 2.17. The molecule has 1 aromatic rings. The molecular formula is C11H20N4. The molecule has 4 heteroatoms. The highest BCUT2D eigenvalue weighted by Crippen LogP contribution is 2.05. The standard InChI is InChI=1S/C11H20N4/c1-9(2)15(3)8-7-13-11-6-4-5-10(12)14-11/h4-6,9H,7-8H2,1-3H3,(H3,12,13,14). The largest absolute Gasteiger partial charge is 0.384 e. The van der Waals surface area contributed by atoms with Crippen molar-refractivity contribution in [3.05, 3.63) is 18.2 Å². The summed E-state index contributed by atoms with van der Waals surface area (Å²) >= 11 is 0. The minimum atomic E-state index is 0.553. The van der Waals surface area contributed by atoms with Crippen molar-refractivity contribution >= 4 is 11.6 Å². The molecule has 0 amide bonds. The first-order chi connectivity index (χ1) is 7.09. The summed E-state index contributed by atoms with van der Waals surface area (Å²) in [4.78, 5) is 6.44. The molecule has 1 aromatic heterocycles. The van der Waals surface area contributed by atoms with E-state index in [9.17, 15) is 0 Å². The molecule has 0 atom stereocenters. The molecule has 0 radical (unpaired) electrons. The maximum Gasteiger partial charge on any atom is 0.128 e. The van der Waals surface area contributed by atoms with Crippen molar-refractivity contribution in [1.29, 1.82) is 0 Å². The van der Waals surface area contributed by atoms with E-state index in [-0.39, 0.29) is 0 Å². The number of nitrogens with one attached hydrogen (secondary N) is 1. The van der Waals surface area contributed by atoms with Crippen molar-refractivity contribution in [3.63, 3.8) is 0 Å². The third kappa shape index (κ3) is 4.16. The van der Waals surface area contributed by atoms with Crippen LogP contribution >= 0.6 is 0 Å². The van der Waals surface area contributed by atoms with Gasteiger partial charge in [0, 0.05) is 19.1 Å². The molecule has 0 aliphatic heterocycles. The summed E-state index contributed by atoms with van der Waals surface area (Å²) in [5.41, 5.74) is 5.58. The lowest BCUT2D eigenvalue weighted by molar-refractivity contribution is 0.284. The zero-order valence-electron chi connectivity index (χ0n) is 9.70. The predicted octanol–water partition coefficient (Wildman–Crippen LogP) is 1.42. The van der Waals surface area contributed by atoms with Crippen molar-refractivity contribution < 1.29 is 0 Å². The first-order valence-electron chi connectivity index (χ1n) is 5.26. The Hall–Kier alpha value is -1.29. The monoisotopic (exact) mass is 208 g/mol. The molecule has 15 heavy (non-hydrogen) atoms. The fourth-order valence-corrected chi connectivity index (χ4v) is 1.17. The van der Waals surface area contributed by atoms with Crippen LogP contribution in [0.1, 0.15) is 13.8 Å². The molecule has 1 rings (SSSR count). The lowest BCUT2D eigenvalue weighted by atomic mass is 10.3. The van der Waals surface area contributed by atoms with E-state index in [2.05, 4.69) is 36.1 Å². The van der Waals surface area contributed by atoms with Gasteiger partial charge in [0.05, 0.1) is 0 Å². The van der Waals surface area contributed by atoms with Gasteiger partial charge in [-0.05, 0) is 33.0 Å². The van der Waals surface area contributed by atoms with Crippen LogP contribution in [-0.4, -0.2) is 36.1 Å². The van der Waals surface area contributed by atoms with E-state index in [0.29, 0.717) is 11.9 Å². The zero-order valence-corrected chi connectivity index (χ0v) is 9.70. The number of hydrogen-bond donors (Lipinski definition) is 2. The molecule has 0 spiro atoms. The molecular weight excluding hydrogens is 188 g/mol. The van der Waals surface area contributed by atoms with E-state index in [1.54, 1.807) is 6.07 Å². The summed E-state index contributed by atoms with van der Waals surface area (Å²) in [5, 5.41) is 3.24. The molecule has 0 aliphatic rings. The van der Waals surface area contributed by atoms with Crippen LogP contribution in [0.15, 0.2) is 18.2 Å². The molecule has 0 fully saturated rings. The summed E-state index contributed by atoms with van der Waals surface area (Å²) in [6.45, 7) is 6.23. The van der Waals surface area contributed by atoms with Crippen molar-refractivity contribution in [2.24, 2.45) is 0 Å². The Morgan fingerprint density at radius 1 is 1.47 bits per heavy atom. The lowest BCUT2D eigenvalue weighted by Crippen LogP contribution is -2.31. The van der Waals surface area contributed by atoms with Crippen molar-refractivity contribution in [2.45, 2.75) is 19.9 Å². The van der Waals surface area contributed by atoms with Gasteiger partial charge in [-0.25, -0.2) is 4.98 Å². The van der Waals surface area contributed by atoms with Gasteiger partial charge in [0.25, 0.3) is 0 Å². The molecule has 0 aliphatic carbocycles. The van der Waals surface area contributed by atoms with Crippen LogP contribution in [0.5, 0.6) is 0 Å². The van der Waals surface area contributed by atoms with Crippen LogP contribution in [0, 0.1) is 0 Å². The number of nitrogens with two attached hydrogens (primary N) is 1. The summed E-state index contributed by atoms with van der Waals surface area (Å²) in [5.74, 6) is 1.39. The highest BCUT2D eigenvalue weighted by atomic mass is 15.1. The fraction of sp³-hybridized carbons (Fsp3) is 0.545. The highest BCUT2D eigenvalue weighted by Gasteiger charge is 2.01. The van der Waals surface area contributed by atoms with Gasteiger partial charge in [0.1, 0.15) is 11.6 Å². The molecule has 0 aromatic carbocycles. The second-order valence-corrected chi connectivity index (χ2v) is 3.95. The van der Waals surface area contributed by atoms with Crippen LogP contribution in [-0.2, 0) is 0 Å². The smallest absolute Gasteiger partial charge is 0.128 e. The van der Waals surface area contributed by atoms with Gasteiger partial charge >= 0.3 is 0 Å². The number of pyridine rings is 1. The Morgan fingerprint density at radius 2 is 2.20 bits per heavy atom. The van der Waals surface area contributed by atoms with Gasteiger partial charge in [-0.3, -0.25) is 0 Å². The third-order valence-electron chi connectivity index (χ3n) is 2.42. The summed E-state index contributed by atoms with van der Waals surface area (Å²) < 4.78 is 0. The molecule has 0 bridgehead atoms. The van der Waals surface area contributed by atoms with E-state index in [0.717, 1.165) is 18.9 Å². The molecule has 4 nitrogen and oxygen atoms in total. The Labute approximate surface area is 91.5 Å². The molecule has 0 unspecified atom stereocenters. The number of aromatic nitrogens is 1. The minimum absolute atomic E-state index is 0.553. The number of anilines is 2. The Balaban J connectivity index is 2.32. The summed E-state index contributed by atoms with van der Waals surface area (Å²) in [6, 6.07) is 6.18. The number of rotatable bonds is 5. The number of nitrogens with zero attached hydrogens (tertiary/aromatic N) is 2. The number of hydrogen-bond acceptors (Lipinski definition) is 4. The Morgan fingerprint density at radius 3 is 2.80 bits per heavy atom. The second-order valence-electron chi connectivity index (χ2n) is 3.95. The predicted molar refractivity (Wildman–Crippen MR) is 64.9 cm³/mol. The van der Waals surface area contributed by atoms with E-state index >= 15 is 0 Å². The normalized spacial score (nSPS) is 11.0.